The molecule has 0 spiro atoms. The summed E-state index contributed by atoms with van der Waals surface area (Å²) in [6.07, 6.45) is -4.18. The molecule has 0 unspecified atom stereocenters. The second kappa shape index (κ2) is 11.8. The van der Waals surface area contributed by atoms with Gasteiger partial charge in [-0.05, 0) is 65.3 Å². The van der Waals surface area contributed by atoms with Crippen molar-refractivity contribution >= 4 is 63.0 Å². The van der Waals surface area contributed by atoms with Crippen molar-refractivity contribution in [1.82, 2.24) is 4.98 Å². The van der Waals surface area contributed by atoms with Gasteiger partial charge in [0.1, 0.15) is 5.75 Å². The van der Waals surface area contributed by atoms with E-state index >= 15 is 0 Å². The molecular weight excluding hydrogens is 700 g/mol. The molecule has 2 aliphatic heterocycles. The molecule has 7 atom stereocenters. The highest BCUT2D eigenvalue weighted by molar-refractivity contribution is 8.00. The summed E-state index contributed by atoms with van der Waals surface area (Å²) in [6.45, 7) is -0.285. The lowest BCUT2D eigenvalue weighted by molar-refractivity contribution is -0.137. The summed E-state index contributed by atoms with van der Waals surface area (Å²) in [5.74, 6) is -3.90. The first-order valence-corrected chi connectivity index (χ1v) is 18.2. The van der Waals surface area contributed by atoms with Gasteiger partial charge in [-0.2, -0.15) is 13.2 Å². The number of thiazole rings is 1. The lowest BCUT2D eigenvalue weighted by Crippen LogP contribution is -2.42. The molecule has 0 radical (unpaired) electrons. The number of para-hydroxylation sites is 2. The number of carbonyl (C=O) groups excluding carboxylic acids is 3. The van der Waals surface area contributed by atoms with E-state index in [1.165, 1.54) is 30.0 Å². The molecule has 9 rings (SSSR count). The van der Waals surface area contributed by atoms with Crippen molar-refractivity contribution in [3.8, 4) is 5.75 Å². The molecule has 4 aromatic carbocycles. The number of hydrogen-bond acceptors (Lipinski definition) is 7. The Morgan fingerprint density at radius 2 is 1.59 bits per heavy atom. The normalized spacial score (nSPS) is 26.3. The number of H-pyrrole nitrogens is 1. The van der Waals surface area contributed by atoms with E-state index in [2.05, 4.69) is 10.3 Å². The van der Waals surface area contributed by atoms with Crippen LogP contribution in [0.15, 0.2) is 101 Å². The second-order valence-electron chi connectivity index (χ2n) is 13.4. The number of anilines is 2. The van der Waals surface area contributed by atoms with Crippen molar-refractivity contribution in [3.63, 3.8) is 0 Å². The minimum atomic E-state index is -4.75. The first kappa shape index (κ1) is 32.1. The van der Waals surface area contributed by atoms with E-state index in [-0.39, 0.29) is 40.4 Å². The molecule has 2 bridgehead atoms. The third-order valence-corrected chi connectivity index (χ3v) is 13.4. The lowest BCUT2D eigenvalue weighted by atomic mass is 9.68. The second-order valence-corrected chi connectivity index (χ2v) is 15.6. The molecule has 3 heterocycles. The molecule has 3 amide bonds. The number of ether oxygens (including phenoxy) is 1. The van der Waals surface area contributed by atoms with Crippen molar-refractivity contribution in [3.05, 3.63) is 117 Å². The highest BCUT2D eigenvalue weighted by atomic mass is 32.2. The standard InChI is InChI=1S/C38H28F3N3O5S2/c39-38(40,41)24-10-4-5-11-25(24)44-35(46)30-22-16-23(31(30)36(44)47)32-29(22)28(33-34(50-32)43-37(48)51-33)21-9-3-6-12-26(21)49-17-27(45)42-20-14-13-18-7-1-2-8-19(18)15-20/h1-15,22-23,28-32H,16-17H2,(H,42,45)(H,43,48)/t22-,23-,28+,29-,30+,31+,32-/m1/s1. The van der Waals surface area contributed by atoms with E-state index in [1.807, 2.05) is 54.6 Å². The van der Waals surface area contributed by atoms with Gasteiger partial charge in [-0.15, -0.1) is 11.8 Å². The topological polar surface area (TPSA) is 109 Å². The number of thioether (sulfide) groups is 1. The minimum absolute atomic E-state index is 0.183. The summed E-state index contributed by atoms with van der Waals surface area (Å²) < 4.78 is 48.3. The highest BCUT2D eigenvalue weighted by Crippen LogP contribution is 2.69. The number of alkyl halides is 3. The Morgan fingerprint density at radius 1 is 0.882 bits per heavy atom. The Hall–Kier alpha value is -4.88. The molecule has 13 heteroatoms. The number of carbonyl (C=O) groups is 3. The van der Waals surface area contributed by atoms with Crippen LogP contribution in [0.2, 0.25) is 0 Å². The number of benzene rings is 4. The monoisotopic (exact) mass is 727 g/mol. The van der Waals surface area contributed by atoms with Crippen LogP contribution < -0.4 is 19.8 Å². The van der Waals surface area contributed by atoms with Gasteiger partial charge < -0.3 is 15.0 Å². The van der Waals surface area contributed by atoms with Gasteiger partial charge in [0.25, 0.3) is 5.91 Å². The predicted molar refractivity (Wildman–Crippen MR) is 187 cm³/mol. The number of nitrogens with zero attached hydrogens (tertiary/aromatic N) is 1. The molecule has 4 aliphatic rings. The van der Waals surface area contributed by atoms with Gasteiger partial charge in [0, 0.05) is 27.3 Å². The number of aromatic amines is 1. The average molecular weight is 728 g/mol. The smallest absolute Gasteiger partial charge is 0.418 e. The van der Waals surface area contributed by atoms with E-state index in [1.54, 1.807) is 12.1 Å². The van der Waals surface area contributed by atoms with Crippen LogP contribution in [0.3, 0.4) is 0 Å². The predicted octanol–water partition coefficient (Wildman–Crippen LogP) is 7.30. The first-order valence-electron chi connectivity index (χ1n) is 16.5. The van der Waals surface area contributed by atoms with Gasteiger partial charge >= 0.3 is 11.0 Å². The number of amides is 3. The fraction of sp³-hybridized carbons (Fsp3) is 0.263. The summed E-state index contributed by atoms with van der Waals surface area (Å²) in [6, 6.07) is 25.4. The van der Waals surface area contributed by atoms with Crippen molar-refractivity contribution in [2.75, 3.05) is 16.8 Å². The number of aromatic nitrogens is 1. The van der Waals surface area contributed by atoms with Crippen LogP contribution in [0.5, 0.6) is 5.75 Å². The molecule has 2 N–H and O–H groups in total. The zero-order valence-corrected chi connectivity index (χ0v) is 28.2. The summed E-state index contributed by atoms with van der Waals surface area (Å²) >= 11 is 2.56. The van der Waals surface area contributed by atoms with E-state index in [4.69, 9.17) is 4.74 Å². The van der Waals surface area contributed by atoms with E-state index in [9.17, 15) is 32.3 Å². The molecule has 258 valence electrons. The number of imide groups is 1. The number of hydrogen-bond donors (Lipinski definition) is 2. The molecule has 8 nitrogen and oxygen atoms in total. The third-order valence-electron chi connectivity index (χ3n) is 10.8. The Labute approximate surface area is 297 Å². The van der Waals surface area contributed by atoms with Crippen molar-refractivity contribution in [2.45, 2.75) is 28.8 Å². The van der Waals surface area contributed by atoms with Crippen LogP contribution in [-0.4, -0.2) is 34.6 Å². The van der Waals surface area contributed by atoms with Gasteiger partial charge in [-0.1, -0.05) is 72.0 Å². The number of fused-ring (bicyclic) bond motifs is 10. The SMILES string of the molecule is O=C(COc1ccccc1[C@@H]1c2sc(=O)[nH]c2S[C@@H]2[C@@H]3C[C@@H]([C@@H]4C(=O)N(c5ccccc5C(F)(F)F)C(=O)[C@@H]34)[C@H]12)Nc1ccc2ccccc2c1. The number of nitrogens with one attached hydrogen (secondary N) is 2. The van der Waals surface area contributed by atoms with Crippen LogP contribution in [0, 0.1) is 29.6 Å². The van der Waals surface area contributed by atoms with E-state index in [0.717, 1.165) is 43.5 Å². The molecule has 2 aliphatic carbocycles. The lowest BCUT2D eigenvalue weighted by Gasteiger charge is -2.43. The molecule has 5 aromatic rings. The zero-order chi connectivity index (χ0) is 35.2. The van der Waals surface area contributed by atoms with E-state index < -0.39 is 47.0 Å². The minimum Gasteiger partial charge on any atom is -0.483 e. The summed E-state index contributed by atoms with van der Waals surface area (Å²) in [5, 5.41) is 5.42. The van der Waals surface area contributed by atoms with Crippen LogP contribution in [0.25, 0.3) is 10.8 Å². The Bertz CT molecular complexity index is 2320. The third kappa shape index (κ3) is 5.11. The van der Waals surface area contributed by atoms with Crippen molar-refractivity contribution < 1.29 is 32.3 Å². The van der Waals surface area contributed by atoms with Crippen molar-refractivity contribution in [2.24, 2.45) is 29.6 Å². The highest BCUT2D eigenvalue weighted by Gasteiger charge is 2.70. The molecule has 1 aromatic heterocycles. The van der Waals surface area contributed by atoms with Gasteiger partial charge in [0.2, 0.25) is 11.8 Å². The maximum Gasteiger partial charge on any atom is 0.418 e. The first-order chi connectivity index (χ1) is 24.6. The molecular formula is C38H28F3N3O5S2. The summed E-state index contributed by atoms with van der Waals surface area (Å²) in [5.41, 5.74) is -0.101. The van der Waals surface area contributed by atoms with Gasteiger partial charge in [0.15, 0.2) is 6.61 Å². The molecule has 1 saturated heterocycles. The van der Waals surface area contributed by atoms with Crippen LogP contribution in [0.1, 0.15) is 28.3 Å². The van der Waals surface area contributed by atoms with Crippen molar-refractivity contribution in [1.29, 1.82) is 0 Å². The largest absolute Gasteiger partial charge is 0.483 e. The van der Waals surface area contributed by atoms with Gasteiger partial charge in [0.05, 0.1) is 28.1 Å². The van der Waals surface area contributed by atoms with Crippen LogP contribution in [0.4, 0.5) is 24.5 Å². The van der Waals surface area contributed by atoms with Gasteiger partial charge in [-0.3, -0.25) is 19.2 Å². The number of halogens is 3. The Balaban J connectivity index is 1.03. The zero-order valence-electron chi connectivity index (χ0n) is 26.6. The quantitative estimate of drug-likeness (QED) is 0.178. The molecule has 51 heavy (non-hydrogen) atoms. The maximum absolute atomic E-state index is 14.1. The number of rotatable bonds is 6. The maximum atomic E-state index is 14.1. The average Bonchev–Trinajstić information content (AvgIpc) is 3.85. The fourth-order valence-corrected chi connectivity index (χ4v) is 11.9. The fourth-order valence-electron chi connectivity index (χ4n) is 8.99. The van der Waals surface area contributed by atoms with Gasteiger partial charge in [-0.25, -0.2) is 4.90 Å². The summed E-state index contributed by atoms with van der Waals surface area (Å²) in [7, 11) is 0. The summed E-state index contributed by atoms with van der Waals surface area (Å²) in [4.78, 5) is 58.2. The van der Waals surface area contributed by atoms with E-state index in [0.29, 0.717) is 22.9 Å². The molecule has 2 saturated carbocycles. The Kier molecular flexibility index (Phi) is 7.44. The van der Waals surface area contributed by atoms with Crippen LogP contribution >= 0.6 is 23.1 Å². The van der Waals surface area contributed by atoms with Crippen LogP contribution in [-0.2, 0) is 20.6 Å². The Morgan fingerprint density at radius 3 is 2.39 bits per heavy atom. The molecule has 3 fully saturated rings.